The molecule has 1 heterocycles. The lowest BCUT2D eigenvalue weighted by molar-refractivity contribution is 0.305. The summed E-state index contributed by atoms with van der Waals surface area (Å²) in [6, 6.07) is 19.1. The molecule has 3 aromatic carbocycles. The number of hydrogen-bond donors (Lipinski definition) is 0. The van der Waals surface area contributed by atoms with Crippen molar-refractivity contribution in [1.29, 1.82) is 0 Å². The maximum Gasteiger partial charge on any atom is 0.282 e. The van der Waals surface area contributed by atoms with Gasteiger partial charge in [0, 0.05) is 16.0 Å². The Bertz CT molecular complexity index is 1380. The Morgan fingerprint density at radius 1 is 1.15 bits per heavy atom. The van der Waals surface area contributed by atoms with Crippen molar-refractivity contribution < 1.29 is 9.13 Å². The molecule has 0 aliphatic carbocycles. The lowest BCUT2D eigenvalue weighted by Gasteiger charge is -2.14. The zero-order chi connectivity index (χ0) is 23.4. The first-order valence-corrected chi connectivity index (χ1v) is 11.5. The second-order valence-electron chi connectivity index (χ2n) is 7.76. The lowest BCUT2D eigenvalue weighted by Crippen LogP contribution is -2.23. The molecule has 168 valence electrons. The molecule has 0 fully saturated rings. The van der Waals surface area contributed by atoms with Gasteiger partial charge in [-0.15, -0.1) is 0 Å². The van der Waals surface area contributed by atoms with Gasteiger partial charge in [-0.05, 0) is 54.4 Å². The van der Waals surface area contributed by atoms with Crippen LogP contribution in [0.2, 0.25) is 0 Å². The van der Waals surface area contributed by atoms with E-state index < -0.39 is 0 Å². The van der Waals surface area contributed by atoms with Crippen molar-refractivity contribution in [2.24, 2.45) is 5.10 Å². The first-order valence-electron chi connectivity index (χ1n) is 10.7. The van der Waals surface area contributed by atoms with Crippen LogP contribution in [-0.4, -0.2) is 15.9 Å². The van der Waals surface area contributed by atoms with Crippen molar-refractivity contribution in [2.45, 2.75) is 32.8 Å². The van der Waals surface area contributed by atoms with Gasteiger partial charge in [0.25, 0.3) is 5.56 Å². The van der Waals surface area contributed by atoms with Gasteiger partial charge in [-0.3, -0.25) is 4.79 Å². The fourth-order valence-corrected chi connectivity index (χ4v) is 3.77. The molecular formula is C26H23BrFN3O2. The van der Waals surface area contributed by atoms with Crippen molar-refractivity contribution in [3.8, 4) is 5.75 Å². The van der Waals surface area contributed by atoms with Crippen molar-refractivity contribution >= 4 is 33.0 Å². The number of halogens is 2. The van der Waals surface area contributed by atoms with Gasteiger partial charge in [-0.25, -0.2) is 9.37 Å². The van der Waals surface area contributed by atoms with E-state index in [-0.39, 0.29) is 23.9 Å². The number of nitrogens with zero attached hydrogens (tertiary/aromatic N) is 3. The Balaban J connectivity index is 1.71. The molecular weight excluding hydrogens is 485 g/mol. The van der Waals surface area contributed by atoms with E-state index in [1.165, 1.54) is 16.8 Å². The first-order chi connectivity index (χ1) is 16.0. The summed E-state index contributed by atoms with van der Waals surface area (Å²) in [6.07, 6.45) is 2.41. The molecule has 0 unspecified atom stereocenters. The highest BCUT2D eigenvalue weighted by molar-refractivity contribution is 9.10. The van der Waals surface area contributed by atoms with Crippen molar-refractivity contribution in [2.75, 3.05) is 0 Å². The van der Waals surface area contributed by atoms with Gasteiger partial charge >= 0.3 is 0 Å². The average molecular weight is 508 g/mol. The largest absolute Gasteiger partial charge is 0.488 e. The molecule has 0 aliphatic rings. The second-order valence-corrected chi connectivity index (χ2v) is 8.67. The maximum absolute atomic E-state index is 13.5. The van der Waals surface area contributed by atoms with Crippen molar-refractivity contribution in [3.63, 3.8) is 0 Å². The van der Waals surface area contributed by atoms with E-state index in [1.54, 1.807) is 24.4 Å². The monoisotopic (exact) mass is 507 g/mol. The Morgan fingerprint density at radius 2 is 1.97 bits per heavy atom. The van der Waals surface area contributed by atoms with Gasteiger partial charge in [0.15, 0.2) is 0 Å². The van der Waals surface area contributed by atoms with Gasteiger partial charge in [-0.2, -0.15) is 9.78 Å². The summed E-state index contributed by atoms with van der Waals surface area (Å²) in [4.78, 5) is 18.0. The fraction of sp³-hybridized carbons (Fsp3) is 0.192. The van der Waals surface area contributed by atoms with Crippen molar-refractivity contribution in [1.82, 2.24) is 9.66 Å². The van der Waals surface area contributed by atoms with E-state index in [2.05, 4.69) is 21.0 Å². The third kappa shape index (κ3) is 5.20. The summed E-state index contributed by atoms with van der Waals surface area (Å²) >= 11 is 3.42. The normalized spacial score (nSPS) is 12.4. The SMILES string of the molecule is CC[C@H](C)c1nc2ccc(Br)cc2c(=O)n1N=Cc1ccccc1OCc1cccc(F)c1. The minimum absolute atomic E-state index is 0.0439. The van der Waals surface area contributed by atoms with Gasteiger partial charge < -0.3 is 4.74 Å². The van der Waals surface area contributed by atoms with Gasteiger partial charge in [0.2, 0.25) is 0 Å². The lowest BCUT2D eigenvalue weighted by atomic mass is 10.1. The van der Waals surface area contributed by atoms with E-state index in [4.69, 9.17) is 9.72 Å². The van der Waals surface area contributed by atoms with Crippen LogP contribution in [0.25, 0.3) is 10.9 Å². The topological polar surface area (TPSA) is 56.5 Å². The van der Waals surface area contributed by atoms with Crippen LogP contribution in [0.15, 0.2) is 81.1 Å². The zero-order valence-corrected chi connectivity index (χ0v) is 19.9. The maximum atomic E-state index is 13.5. The predicted molar refractivity (Wildman–Crippen MR) is 133 cm³/mol. The smallest absolute Gasteiger partial charge is 0.282 e. The van der Waals surface area contributed by atoms with Crippen LogP contribution in [0.4, 0.5) is 4.39 Å². The standard InChI is InChI=1S/C26H23BrFN3O2/c1-3-17(2)25-30-23-12-11-20(27)14-22(23)26(32)31(25)29-15-19-8-4-5-10-24(19)33-16-18-7-6-9-21(28)13-18/h4-15,17H,3,16H2,1-2H3/t17-/m0/s1. The summed E-state index contributed by atoms with van der Waals surface area (Å²) in [6.45, 7) is 4.28. The molecule has 1 aromatic heterocycles. The Labute approximate surface area is 199 Å². The van der Waals surface area contributed by atoms with Crippen LogP contribution in [0.1, 0.15) is 43.1 Å². The highest BCUT2D eigenvalue weighted by Gasteiger charge is 2.15. The number of benzene rings is 3. The van der Waals surface area contributed by atoms with Crippen LogP contribution in [0.3, 0.4) is 0 Å². The molecule has 5 nitrogen and oxygen atoms in total. The molecule has 4 aromatic rings. The number of ether oxygens (including phenoxy) is 1. The number of aromatic nitrogens is 2. The van der Waals surface area contributed by atoms with E-state index in [1.807, 2.05) is 50.2 Å². The van der Waals surface area contributed by atoms with Crippen LogP contribution in [-0.2, 0) is 6.61 Å². The molecule has 0 spiro atoms. The molecule has 0 N–H and O–H groups in total. The minimum Gasteiger partial charge on any atom is -0.488 e. The van der Waals surface area contributed by atoms with Gasteiger partial charge in [0.1, 0.15) is 24.0 Å². The van der Waals surface area contributed by atoms with E-state index in [9.17, 15) is 9.18 Å². The summed E-state index contributed by atoms with van der Waals surface area (Å²) < 4.78 is 21.6. The molecule has 0 bridgehead atoms. The Hall–Kier alpha value is -3.32. The predicted octanol–water partition coefficient (Wildman–Crippen LogP) is 6.27. The summed E-state index contributed by atoms with van der Waals surface area (Å²) in [5.41, 5.74) is 1.83. The first kappa shape index (κ1) is 22.9. The van der Waals surface area contributed by atoms with Crippen LogP contribution in [0.5, 0.6) is 5.75 Å². The fourth-order valence-electron chi connectivity index (χ4n) is 3.41. The molecule has 0 aliphatic heterocycles. The molecule has 0 saturated heterocycles. The molecule has 7 heteroatoms. The average Bonchev–Trinajstić information content (AvgIpc) is 2.82. The molecule has 4 rings (SSSR count). The minimum atomic E-state index is -0.307. The summed E-state index contributed by atoms with van der Waals surface area (Å²) in [5, 5.41) is 5.01. The number of para-hydroxylation sites is 1. The summed E-state index contributed by atoms with van der Waals surface area (Å²) in [7, 11) is 0. The zero-order valence-electron chi connectivity index (χ0n) is 18.3. The second kappa shape index (κ2) is 10.1. The van der Waals surface area contributed by atoms with Crippen LogP contribution < -0.4 is 10.3 Å². The Morgan fingerprint density at radius 3 is 2.76 bits per heavy atom. The van der Waals surface area contributed by atoms with E-state index in [0.29, 0.717) is 28.0 Å². The number of hydrogen-bond acceptors (Lipinski definition) is 4. The highest BCUT2D eigenvalue weighted by atomic mass is 79.9. The van der Waals surface area contributed by atoms with E-state index >= 15 is 0 Å². The summed E-state index contributed by atoms with van der Waals surface area (Å²) in [5.74, 6) is 0.924. The van der Waals surface area contributed by atoms with Gasteiger partial charge in [0.05, 0.1) is 17.1 Å². The van der Waals surface area contributed by atoms with Crippen LogP contribution in [0, 0.1) is 5.82 Å². The Kier molecular flexibility index (Phi) is 6.99. The number of rotatable bonds is 7. The molecule has 0 amide bonds. The van der Waals surface area contributed by atoms with E-state index in [0.717, 1.165) is 16.5 Å². The highest BCUT2D eigenvalue weighted by Crippen LogP contribution is 2.22. The van der Waals surface area contributed by atoms with Crippen molar-refractivity contribution in [3.05, 3.63) is 104 Å². The number of fused-ring (bicyclic) bond motifs is 1. The quantitative estimate of drug-likeness (QED) is 0.277. The molecule has 0 radical (unpaired) electrons. The van der Waals surface area contributed by atoms with Crippen LogP contribution >= 0.6 is 15.9 Å². The third-order valence-corrected chi connectivity index (χ3v) is 5.89. The molecule has 0 saturated carbocycles. The molecule has 1 atom stereocenters. The molecule has 33 heavy (non-hydrogen) atoms. The van der Waals surface area contributed by atoms with Gasteiger partial charge in [-0.1, -0.05) is 54.0 Å². The third-order valence-electron chi connectivity index (χ3n) is 5.40.